The van der Waals surface area contributed by atoms with E-state index in [4.69, 9.17) is 4.74 Å². The van der Waals surface area contributed by atoms with E-state index in [-0.39, 0.29) is 17.8 Å². The maximum absolute atomic E-state index is 12.3. The van der Waals surface area contributed by atoms with Crippen LogP contribution < -0.4 is 0 Å². The molecule has 116 valence electrons. The van der Waals surface area contributed by atoms with E-state index in [1.54, 1.807) is 0 Å². The summed E-state index contributed by atoms with van der Waals surface area (Å²) in [5.74, 6) is 0.259. The van der Waals surface area contributed by atoms with Crippen LogP contribution in [-0.4, -0.2) is 18.5 Å². The minimum absolute atomic E-state index is 0.0613. The van der Waals surface area contributed by atoms with E-state index in [0.29, 0.717) is 6.61 Å². The SMILES string of the molecule is C/C=C(C)\C=C/C(OCCCCCC)C(=O)C(C)CC. The van der Waals surface area contributed by atoms with Crippen molar-refractivity contribution >= 4 is 5.78 Å². The number of carbonyl (C=O) groups is 1. The Kier molecular flexibility index (Phi) is 11.4. The smallest absolute Gasteiger partial charge is 0.168 e. The monoisotopic (exact) mass is 280 g/mol. The molecule has 2 nitrogen and oxygen atoms in total. The molecule has 0 radical (unpaired) electrons. The van der Waals surface area contributed by atoms with Crippen molar-refractivity contribution < 1.29 is 9.53 Å². The Morgan fingerprint density at radius 2 is 1.90 bits per heavy atom. The van der Waals surface area contributed by atoms with Gasteiger partial charge in [-0.1, -0.05) is 57.8 Å². The van der Waals surface area contributed by atoms with Gasteiger partial charge >= 0.3 is 0 Å². The van der Waals surface area contributed by atoms with Gasteiger partial charge in [-0.2, -0.15) is 0 Å². The molecule has 20 heavy (non-hydrogen) atoms. The molecule has 0 aliphatic rings. The summed E-state index contributed by atoms with van der Waals surface area (Å²) < 4.78 is 5.80. The number of rotatable bonds is 11. The summed E-state index contributed by atoms with van der Waals surface area (Å²) in [5, 5.41) is 0. The van der Waals surface area contributed by atoms with Crippen LogP contribution in [0.3, 0.4) is 0 Å². The average molecular weight is 280 g/mol. The molecule has 0 bridgehead atoms. The van der Waals surface area contributed by atoms with Gasteiger partial charge in [0.1, 0.15) is 6.10 Å². The fraction of sp³-hybridized carbons (Fsp3) is 0.722. The molecule has 2 atom stereocenters. The summed E-state index contributed by atoms with van der Waals surface area (Å²) in [6.45, 7) is 10.9. The number of ketones is 1. The lowest BCUT2D eigenvalue weighted by molar-refractivity contribution is -0.131. The first-order valence-corrected chi connectivity index (χ1v) is 8.03. The molecule has 0 aliphatic heterocycles. The second-order valence-electron chi connectivity index (χ2n) is 5.46. The molecule has 0 aliphatic carbocycles. The highest BCUT2D eigenvalue weighted by molar-refractivity contribution is 5.86. The maximum atomic E-state index is 12.3. The van der Waals surface area contributed by atoms with Crippen molar-refractivity contribution in [3.63, 3.8) is 0 Å². The average Bonchev–Trinajstić information content (AvgIpc) is 2.48. The van der Waals surface area contributed by atoms with E-state index < -0.39 is 0 Å². The van der Waals surface area contributed by atoms with Gasteiger partial charge in [0, 0.05) is 12.5 Å². The minimum atomic E-state index is -0.388. The van der Waals surface area contributed by atoms with Crippen LogP contribution >= 0.6 is 0 Å². The van der Waals surface area contributed by atoms with E-state index in [9.17, 15) is 4.79 Å². The highest BCUT2D eigenvalue weighted by atomic mass is 16.5. The molecule has 0 saturated heterocycles. The first-order chi connectivity index (χ1) is 9.56. The Balaban J connectivity index is 4.47. The number of carbonyl (C=O) groups excluding carboxylic acids is 1. The fourth-order valence-corrected chi connectivity index (χ4v) is 1.79. The molecule has 0 rings (SSSR count). The standard InChI is InChI=1S/C18H32O2/c1-6-9-10-11-14-20-17(13-12-15(4)7-2)18(19)16(5)8-3/h7,12-13,16-17H,6,8-11,14H2,1-5H3/b13-12-,15-7-. The van der Waals surface area contributed by atoms with Crippen LogP contribution in [0.25, 0.3) is 0 Å². The van der Waals surface area contributed by atoms with Crippen molar-refractivity contribution in [1.82, 2.24) is 0 Å². The molecule has 0 spiro atoms. The van der Waals surface area contributed by atoms with Crippen LogP contribution in [0.4, 0.5) is 0 Å². The number of unbranched alkanes of at least 4 members (excludes halogenated alkanes) is 3. The topological polar surface area (TPSA) is 26.3 Å². The molecular weight excluding hydrogens is 248 g/mol. The third-order valence-corrected chi connectivity index (χ3v) is 3.66. The van der Waals surface area contributed by atoms with Gasteiger partial charge in [0.15, 0.2) is 5.78 Å². The highest BCUT2D eigenvalue weighted by Crippen LogP contribution is 2.12. The second kappa shape index (κ2) is 11.9. The zero-order valence-corrected chi connectivity index (χ0v) is 13.9. The molecule has 0 N–H and O–H groups in total. The summed E-state index contributed by atoms with van der Waals surface area (Å²) in [6, 6.07) is 0. The predicted octanol–water partition coefficient (Wildman–Crippen LogP) is 5.09. The van der Waals surface area contributed by atoms with Gasteiger partial charge in [0.2, 0.25) is 0 Å². The van der Waals surface area contributed by atoms with E-state index in [0.717, 1.165) is 18.4 Å². The van der Waals surface area contributed by atoms with Crippen molar-refractivity contribution in [1.29, 1.82) is 0 Å². The molecule has 0 saturated carbocycles. The Labute approximate surface area is 125 Å². The molecule has 2 unspecified atom stereocenters. The second-order valence-corrected chi connectivity index (χ2v) is 5.46. The van der Waals surface area contributed by atoms with Gasteiger partial charge in [-0.15, -0.1) is 0 Å². The predicted molar refractivity (Wildman–Crippen MR) is 86.9 cm³/mol. The van der Waals surface area contributed by atoms with E-state index >= 15 is 0 Å². The number of allylic oxidation sites excluding steroid dienone is 3. The van der Waals surface area contributed by atoms with Crippen LogP contribution in [0.15, 0.2) is 23.8 Å². The van der Waals surface area contributed by atoms with Crippen LogP contribution in [0.2, 0.25) is 0 Å². The zero-order valence-electron chi connectivity index (χ0n) is 13.9. The van der Waals surface area contributed by atoms with Crippen LogP contribution in [0.5, 0.6) is 0 Å². The van der Waals surface area contributed by atoms with Crippen molar-refractivity contribution in [3.8, 4) is 0 Å². The Morgan fingerprint density at radius 3 is 2.45 bits per heavy atom. The summed E-state index contributed by atoms with van der Waals surface area (Å²) in [5.41, 5.74) is 1.15. The third-order valence-electron chi connectivity index (χ3n) is 3.66. The Morgan fingerprint density at radius 1 is 1.20 bits per heavy atom. The van der Waals surface area contributed by atoms with Crippen LogP contribution in [0.1, 0.15) is 66.7 Å². The lowest BCUT2D eigenvalue weighted by Crippen LogP contribution is -2.28. The first kappa shape index (κ1) is 19.1. The normalized spacial score (nSPS) is 15.6. The van der Waals surface area contributed by atoms with Gasteiger partial charge < -0.3 is 4.74 Å². The number of hydrogen-bond acceptors (Lipinski definition) is 2. The summed E-state index contributed by atoms with van der Waals surface area (Å²) in [7, 11) is 0. The maximum Gasteiger partial charge on any atom is 0.168 e. The van der Waals surface area contributed by atoms with Crippen molar-refractivity contribution in [2.45, 2.75) is 72.8 Å². The molecule has 0 aromatic carbocycles. The highest BCUT2D eigenvalue weighted by Gasteiger charge is 2.20. The quantitative estimate of drug-likeness (QED) is 0.389. The van der Waals surface area contributed by atoms with Crippen molar-refractivity contribution in [2.24, 2.45) is 5.92 Å². The summed E-state index contributed by atoms with van der Waals surface area (Å²) in [6.07, 6.45) is 11.1. The van der Waals surface area contributed by atoms with E-state index in [2.05, 4.69) is 6.92 Å². The largest absolute Gasteiger partial charge is 0.366 e. The Hall–Kier alpha value is -0.890. The van der Waals surface area contributed by atoms with Crippen molar-refractivity contribution in [2.75, 3.05) is 6.61 Å². The lowest BCUT2D eigenvalue weighted by Gasteiger charge is -2.17. The molecule has 0 fully saturated rings. The summed E-state index contributed by atoms with van der Waals surface area (Å²) >= 11 is 0. The molecular formula is C18H32O2. The van der Waals surface area contributed by atoms with Gasteiger partial charge in [0.05, 0.1) is 0 Å². The van der Waals surface area contributed by atoms with Crippen LogP contribution in [-0.2, 0) is 9.53 Å². The minimum Gasteiger partial charge on any atom is -0.366 e. The molecule has 0 aromatic rings. The number of hydrogen-bond donors (Lipinski definition) is 0. The molecule has 0 heterocycles. The van der Waals surface area contributed by atoms with Gasteiger partial charge in [0.25, 0.3) is 0 Å². The van der Waals surface area contributed by atoms with Crippen molar-refractivity contribution in [3.05, 3.63) is 23.8 Å². The molecule has 0 amide bonds. The summed E-state index contributed by atoms with van der Waals surface area (Å²) in [4.78, 5) is 12.3. The van der Waals surface area contributed by atoms with E-state index in [1.807, 2.05) is 45.9 Å². The fourth-order valence-electron chi connectivity index (χ4n) is 1.79. The zero-order chi connectivity index (χ0) is 15.4. The third kappa shape index (κ3) is 8.31. The van der Waals surface area contributed by atoms with Gasteiger partial charge in [-0.3, -0.25) is 4.79 Å². The lowest BCUT2D eigenvalue weighted by atomic mass is 9.98. The van der Waals surface area contributed by atoms with E-state index in [1.165, 1.54) is 19.3 Å². The van der Waals surface area contributed by atoms with Gasteiger partial charge in [-0.05, 0) is 32.8 Å². The number of Topliss-reactive ketones (excluding diaryl/α,β-unsaturated/α-hetero) is 1. The first-order valence-electron chi connectivity index (χ1n) is 8.03. The molecule has 2 heteroatoms. The van der Waals surface area contributed by atoms with Crippen LogP contribution in [0, 0.1) is 5.92 Å². The molecule has 0 aromatic heterocycles. The van der Waals surface area contributed by atoms with Gasteiger partial charge in [-0.25, -0.2) is 0 Å². The number of ether oxygens (including phenoxy) is 1. The Bertz CT molecular complexity index is 315.